The number of ether oxygens (including phenoxy) is 3. The summed E-state index contributed by atoms with van der Waals surface area (Å²) in [6, 6.07) is 13.1. The summed E-state index contributed by atoms with van der Waals surface area (Å²) in [6.45, 7) is 3.20. The molecule has 2 aromatic rings. The Hall–Kier alpha value is -2.69. The topological polar surface area (TPSA) is 70.8 Å². The number of benzene rings is 2. The van der Waals surface area contributed by atoms with Gasteiger partial charge in [0.25, 0.3) is 0 Å². The first-order valence-corrected chi connectivity index (χ1v) is 10.0. The molecule has 5 nitrogen and oxygen atoms in total. The Kier molecular flexibility index (Phi) is 7.18. The highest BCUT2D eigenvalue weighted by atomic mass is 16.5. The molecule has 150 valence electrons. The first-order valence-electron chi connectivity index (χ1n) is 10.0. The van der Waals surface area contributed by atoms with Gasteiger partial charge < -0.3 is 19.9 Å². The first-order chi connectivity index (χ1) is 13.6. The minimum atomic E-state index is -0.303. The van der Waals surface area contributed by atoms with Crippen LogP contribution in [0, 0.1) is 6.92 Å². The van der Waals surface area contributed by atoms with Gasteiger partial charge in [0, 0.05) is 0 Å². The van der Waals surface area contributed by atoms with Crippen LogP contribution in [0.15, 0.2) is 42.5 Å². The highest BCUT2D eigenvalue weighted by Gasteiger charge is 2.20. The lowest BCUT2D eigenvalue weighted by Gasteiger charge is -2.13. The zero-order chi connectivity index (χ0) is 19.8. The van der Waals surface area contributed by atoms with Crippen molar-refractivity contribution in [3.8, 4) is 11.5 Å². The summed E-state index contributed by atoms with van der Waals surface area (Å²) in [4.78, 5) is 12.3. The van der Waals surface area contributed by atoms with Crippen LogP contribution in [0.2, 0.25) is 0 Å². The number of esters is 1. The van der Waals surface area contributed by atoms with E-state index in [-0.39, 0.29) is 12.1 Å². The monoisotopic (exact) mass is 383 g/mol. The van der Waals surface area contributed by atoms with Gasteiger partial charge in [0.15, 0.2) is 0 Å². The molecule has 1 aliphatic carbocycles. The zero-order valence-electron chi connectivity index (χ0n) is 16.5. The Morgan fingerprint density at radius 1 is 1.00 bits per heavy atom. The first kappa shape index (κ1) is 20.1. The van der Waals surface area contributed by atoms with Gasteiger partial charge in [-0.1, -0.05) is 17.7 Å². The molecule has 5 heteroatoms. The van der Waals surface area contributed by atoms with Crippen LogP contribution < -0.4 is 15.2 Å². The van der Waals surface area contributed by atoms with Crippen LogP contribution in [-0.4, -0.2) is 25.3 Å². The Bertz CT molecular complexity index is 767. The average molecular weight is 383 g/mol. The van der Waals surface area contributed by atoms with Gasteiger partial charge in [0.2, 0.25) is 0 Å². The molecule has 2 aromatic carbocycles. The van der Waals surface area contributed by atoms with Crippen LogP contribution >= 0.6 is 0 Å². The molecule has 0 aromatic heterocycles. The Labute approximate surface area is 166 Å². The van der Waals surface area contributed by atoms with Gasteiger partial charge >= 0.3 is 5.97 Å². The predicted octanol–water partition coefficient (Wildman–Crippen LogP) is 4.91. The summed E-state index contributed by atoms with van der Waals surface area (Å²) in [5.74, 6) is 1.10. The SMILES string of the molecule is Cc1ccc(OCCCCOc2cc(C(=O)OC3CCCC3)ccc2N)cc1. The van der Waals surface area contributed by atoms with Crippen molar-refractivity contribution in [3.63, 3.8) is 0 Å². The molecule has 3 rings (SSSR count). The van der Waals surface area contributed by atoms with E-state index >= 15 is 0 Å². The van der Waals surface area contributed by atoms with Crippen molar-refractivity contribution in [3.05, 3.63) is 53.6 Å². The molecular weight excluding hydrogens is 354 g/mol. The van der Waals surface area contributed by atoms with Crippen molar-refractivity contribution >= 4 is 11.7 Å². The van der Waals surface area contributed by atoms with Crippen molar-refractivity contribution < 1.29 is 19.0 Å². The quantitative estimate of drug-likeness (QED) is 0.378. The number of nitrogen functional groups attached to an aromatic ring is 1. The summed E-state index contributed by atoms with van der Waals surface area (Å²) < 4.78 is 17.0. The number of hydrogen-bond acceptors (Lipinski definition) is 5. The summed E-state index contributed by atoms with van der Waals surface area (Å²) in [6.07, 6.45) is 5.91. The Morgan fingerprint density at radius 3 is 2.39 bits per heavy atom. The summed E-state index contributed by atoms with van der Waals surface area (Å²) in [5, 5.41) is 0. The second-order valence-corrected chi connectivity index (χ2v) is 7.28. The van der Waals surface area contributed by atoms with Gasteiger partial charge in [-0.3, -0.25) is 0 Å². The second-order valence-electron chi connectivity index (χ2n) is 7.28. The molecule has 1 aliphatic rings. The molecule has 0 spiro atoms. The number of unbranched alkanes of at least 4 members (excludes halogenated alkanes) is 1. The predicted molar refractivity (Wildman–Crippen MR) is 110 cm³/mol. The lowest BCUT2D eigenvalue weighted by atomic mass is 10.2. The van der Waals surface area contributed by atoms with E-state index < -0.39 is 0 Å². The molecule has 0 atom stereocenters. The lowest BCUT2D eigenvalue weighted by Crippen LogP contribution is -2.15. The number of nitrogens with two attached hydrogens (primary N) is 1. The summed E-state index contributed by atoms with van der Waals surface area (Å²) >= 11 is 0. The van der Waals surface area contributed by atoms with E-state index in [0.717, 1.165) is 44.3 Å². The molecule has 2 N–H and O–H groups in total. The number of hydrogen-bond donors (Lipinski definition) is 1. The molecule has 0 bridgehead atoms. The maximum atomic E-state index is 12.3. The molecule has 1 saturated carbocycles. The molecule has 0 unspecified atom stereocenters. The third kappa shape index (κ3) is 5.91. The van der Waals surface area contributed by atoms with E-state index in [4.69, 9.17) is 19.9 Å². The van der Waals surface area contributed by atoms with Gasteiger partial charge in [0.1, 0.15) is 17.6 Å². The molecule has 0 radical (unpaired) electrons. The Morgan fingerprint density at radius 2 is 1.68 bits per heavy atom. The lowest BCUT2D eigenvalue weighted by molar-refractivity contribution is 0.0317. The molecule has 0 saturated heterocycles. The molecule has 0 amide bonds. The summed E-state index contributed by atoms with van der Waals surface area (Å²) in [5.41, 5.74) is 8.20. The molecular formula is C23H29NO4. The zero-order valence-corrected chi connectivity index (χ0v) is 16.5. The van der Waals surface area contributed by atoms with Crippen LogP contribution in [0.5, 0.6) is 11.5 Å². The molecule has 1 fully saturated rings. The van der Waals surface area contributed by atoms with Crippen LogP contribution in [-0.2, 0) is 4.74 Å². The third-order valence-electron chi connectivity index (χ3n) is 4.91. The smallest absolute Gasteiger partial charge is 0.338 e. The largest absolute Gasteiger partial charge is 0.494 e. The normalized spacial score (nSPS) is 14.0. The maximum absolute atomic E-state index is 12.3. The number of anilines is 1. The van der Waals surface area contributed by atoms with Crippen molar-refractivity contribution in [2.75, 3.05) is 18.9 Å². The maximum Gasteiger partial charge on any atom is 0.338 e. The number of aryl methyl sites for hydroxylation is 1. The fourth-order valence-corrected chi connectivity index (χ4v) is 3.22. The van der Waals surface area contributed by atoms with E-state index in [9.17, 15) is 4.79 Å². The number of rotatable bonds is 9. The van der Waals surface area contributed by atoms with Crippen molar-refractivity contribution in [1.82, 2.24) is 0 Å². The fraction of sp³-hybridized carbons (Fsp3) is 0.435. The molecule has 28 heavy (non-hydrogen) atoms. The number of carbonyl (C=O) groups excluding carboxylic acids is 1. The Balaban J connectivity index is 1.40. The highest BCUT2D eigenvalue weighted by Crippen LogP contribution is 2.26. The molecule has 0 aliphatic heterocycles. The van der Waals surface area contributed by atoms with E-state index in [1.165, 1.54) is 5.56 Å². The second kappa shape index (κ2) is 10.0. The van der Waals surface area contributed by atoms with Crippen LogP contribution in [0.3, 0.4) is 0 Å². The van der Waals surface area contributed by atoms with Gasteiger partial charge in [-0.15, -0.1) is 0 Å². The van der Waals surface area contributed by atoms with Crippen molar-refractivity contribution in [1.29, 1.82) is 0 Å². The van der Waals surface area contributed by atoms with Crippen LogP contribution in [0.4, 0.5) is 5.69 Å². The molecule has 0 heterocycles. The van der Waals surface area contributed by atoms with E-state index in [1.54, 1.807) is 18.2 Å². The van der Waals surface area contributed by atoms with Gasteiger partial charge in [-0.2, -0.15) is 0 Å². The van der Waals surface area contributed by atoms with Crippen LogP contribution in [0.25, 0.3) is 0 Å². The van der Waals surface area contributed by atoms with E-state index in [0.29, 0.717) is 30.2 Å². The van der Waals surface area contributed by atoms with Gasteiger partial charge in [-0.25, -0.2) is 4.79 Å². The van der Waals surface area contributed by atoms with Crippen LogP contribution in [0.1, 0.15) is 54.4 Å². The van der Waals surface area contributed by atoms with Gasteiger partial charge in [-0.05, 0) is 75.8 Å². The highest BCUT2D eigenvalue weighted by molar-refractivity contribution is 5.90. The standard InChI is InChI=1S/C23H29NO4/c1-17-8-11-19(12-9-17)26-14-4-5-15-27-22-16-18(10-13-21(22)24)23(25)28-20-6-2-3-7-20/h8-13,16,20H,2-7,14-15,24H2,1H3. The summed E-state index contributed by atoms with van der Waals surface area (Å²) in [7, 11) is 0. The van der Waals surface area contributed by atoms with E-state index in [2.05, 4.69) is 6.92 Å². The minimum Gasteiger partial charge on any atom is -0.494 e. The third-order valence-corrected chi connectivity index (χ3v) is 4.91. The van der Waals surface area contributed by atoms with Crippen molar-refractivity contribution in [2.45, 2.75) is 51.6 Å². The van der Waals surface area contributed by atoms with E-state index in [1.807, 2.05) is 24.3 Å². The van der Waals surface area contributed by atoms with Crippen molar-refractivity contribution in [2.24, 2.45) is 0 Å². The number of carbonyl (C=O) groups is 1. The average Bonchev–Trinajstić information content (AvgIpc) is 3.20. The minimum absolute atomic E-state index is 0.0444. The van der Waals surface area contributed by atoms with Gasteiger partial charge in [0.05, 0.1) is 24.5 Å². The fourth-order valence-electron chi connectivity index (χ4n) is 3.22.